The first-order chi connectivity index (χ1) is 18.5. The highest BCUT2D eigenvalue weighted by atomic mass is 16.6. The van der Waals surface area contributed by atoms with E-state index in [1.807, 2.05) is 37.3 Å². The molecule has 7 atom stereocenters. The number of pyridine rings is 1. The van der Waals surface area contributed by atoms with Crippen LogP contribution >= 0.6 is 0 Å². The van der Waals surface area contributed by atoms with Crippen LogP contribution in [0.4, 0.5) is 0 Å². The third-order valence-corrected chi connectivity index (χ3v) is 8.91. The van der Waals surface area contributed by atoms with E-state index < -0.39 is 35.6 Å². The van der Waals surface area contributed by atoms with Crippen LogP contribution in [0.15, 0.2) is 49.2 Å². The summed E-state index contributed by atoms with van der Waals surface area (Å²) in [5.41, 5.74) is 0.0478. The van der Waals surface area contributed by atoms with E-state index in [-0.39, 0.29) is 29.8 Å². The van der Waals surface area contributed by atoms with Gasteiger partial charge in [-0.15, -0.1) is 6.58 Å². The average molecular weight is 538 g/mol. The minimum absolute atomic E-state index is 0.0776. The van der Waals surface area contributed by atoms with Gasteiger partial charge in [0.25, 0.3) is 0 Å². The number of aromatic nitrogens is 1. The Morgan fingerprint density at radius 2 is 1.95 bits per heavy atom. The van der Waals surface area contributed by atoms with Crippen molar-refractivity contribution in [2.75, 3.05) is 0 Å². The molecule has 2 aliphatic rings. The Morgan fingerprint density at radius 1 is 1.18 bits per heavy atom. The number of hydrogen-bond acceptors (Lipinski definition) is 7. The van der Waals surface area contributed by atoms with E-state index in [9.17, 15) is 19.8 Å². The quantitative estimate of drug-likeness (QED) is 0.302. The van der Waals surface area contributed by atoms with Gasteiger partial charge in [0.05, 0.1) is 41.3 Å². The lowest BCUT2D eigenvalue weighted by molar-refractivity contribution is -0.156. The first kappa shape index (κ1) is 29.4. The van der Waals surface area contributed by atoms with Crippen LogP contribution in [-0.4, -0.2) is 50.9 Å². The van der Waals surface area contributed by atoms with Crippen LogP contribution in [0.25, 0.3) is 10.9 Å². The van der Waals surface area contributed by atoms with E-state index >= 15 is 0 Å². The largest absolute Gasteiger partial charge is 0.457 e. The molecule has 7 heteroatoms. The fourth-order valence-corrected chi connectivity index (χ4v) is 5.90. The molecular formula is C32H43NO6. The van der Waals surface area contributed by atoms with Crippen molar-refractivity contribution in [3.63, 3.8) is 0 Å². The highest BCUT2D eigenvalue weighted by Crippen LogP contribution is 2.47. The lowest BCUT2D eigenvalue weighted by Gasteiger charge is -2.36. The Kier molecular flexibility index (Phi) is 8.94. The molecule has 2 aromatic rings. The molecule has 0 spiro atoms. The Balaban J connectivity index is 1.63. The number of ether oxygens (including phenoxy) is 2. The van der Waals surface area contributed by atoms with Gasteiger partial charge in [-0.1, -0.05) is 51.5 Å². The molecular weight excluding hydrogens is 494 g/mol. The average Bonchev–Trinajstić information content (AvgIpc) is 3.55. The third-order valence-electron chi connectivity index (χ3n) is 8.91. The molecule has 4 rings (SSSR count). The van der Waals surface area contributed by atoms with Crippen LogP contribution in [0.2, 0.25) is 0 Å². The van der Waals surface area contributed by atoms with Gasteiger partial charge in [-0.05, 0) is 56.2 Å². The number of hydrogen-bond donors (Lipinski definition) is 2. The highest BCUT2D eigenvalue weighted by molar-refractivity contribution is 5.88. The van der Waals surface area contributed by atoms with Gasteiger partial charge in [0, 0.05) is 23.9 Å². The number of esters is 1. The fraction of sp³-hybridized carbons (Fsp3) is 0.594. The van der Waals surface area contributed by atoms with Crippen molar-refractivity contribution in [2.24, 2.45) is 17.3 Å². The van der Waals surface area contributed by atoms with E-state index in [4.69, 9.17) is 9.47 Å². The number of carbonyl (C=O) groups excluding carboxylic acids is 2. The van der Waals surface area contributed by atoms with Crippen molar-refractivity contribution in [1.82, 2.24) is 4.98 Å². The van der Waals surface area contributed by atoms with Crippen molar-refractivity contribution in [2.45, 2.75) is 103 Å². The minimum atomic E-state index is -1.26. The maximum absolute atomic E-state index is 13.7. The van der Waals surface area contributed by atoms with Gasteiger partial charge in [0.15, 0.2) is 0 Å². The second-order valence-corrected chi connectivity index (χ2v) is 12.2. The lowest BCUT2D eigenvalue weighted by Crippen LogP contribution is -2.46. The van der Waals surface area contributed by atoms with E-state index in [1.54, 1.807) is 26.1 Å². The molecule has 2 aliphatic heterocycles. The Bertz CT molecular complexity index is 1190. The van der Waals surface area contributed by atoms with Gasteiger partial charge in [-0.2, -0.15) is 0 Å². The number of epoxide rings is 1. The Labute approximate surface area is 231 Å². The summed E-state index contributed by atoms with van der Waals surface area (Å²) in [4.78, 5) is 31.4. The van der Waals surface area contributed by atoms with Crippen LogP contribution in [0.1, 0.15) is 84.3 Å². The van der Waals surface area contributed by atoms with Gasteiger partial charge in [-0.25, -0.2) is 0 Å². The zero-order chi connectivity index (χ0) is 28.4. The summed E-state index contributed by atoms with van der Waals surface area (Å²) < 4.78 is 12.1. The van der Waals surface area contributed by atoms with Gasteiger partial charge >= 0.3 is 5.97 Å². The second-order valence-electron chi connectivity index (χ2n) is 12.2. The van der Waals surface area contributed by atoms with Gasteiger partial charge in [0.2, 0.25) is 0 Å². The molecule has 39 heavy (non-hydrogen) atoms. The van der Waals surface area contributed by atoms with Crippen LogP contribution in [0, 0.1) is 17.3 Å². The maximum Gasteiger partial charge on any atom is 0.309 e. The SMILES string of the molecule is C=CCC[C@H]1C(=O)C(C)(C)[C@@H](O)CC(=O)O[C@H](c2ccc3cccnc3c2)CC2OC2(C)CCC[C@H](C)[C@H]1O. The van der Waals surface area contributed by atoms with Gasteiger partial charge < -0.3 is 19.7 Å². The van der Waals surface area contributed by atoms with Crippen molar-refractivity contribution in [3.8, 4) is 0 Å². The number of nitrogens with zero attached hydrogens (tertiary/aromatic N) is 1. The molecule has 0 bridgehead atoms. The molecule has 1 aromatic heterocycles. The number of aliphatic hydroxyl groups is 2. The number of allylic oxidation sites excluding steroid dienone is 1. The first-order valence-corrected chi connectivity index (χ1v) is 14.2. The molecule has 2 N–H and O–H groups in total. The number of benzene rings is 1. The Morgan fingerprint density at radius 3 is 2.69 bits per heavy atom. The summed E-state index contributed by atoms with van der Waals surface area (Å²) in [5.74, 6) is -1.59. The summed E-state index contributed by atoms with van der Waals surface area (Å²) >= 11 is 0. The zero-order valence-corrected chi connectivity index (χ0v) is 23.6. The molecule has 0 aliphatic carbocycles. The van der Waals surface area contributed by atoms with E-state index in [0.717, 1.165) is 35.7 Å². The summed E-state index contributed by atoms with van der Waals surface area (Å²) in [6, 6.07) is 9.70. The predicted molar refractivity (Wildman–Crippen MR) is 150 cm³/mol. The van der Waals surface area contributed by atoms with Crippen LogP contribution in [0.5, 0.6) is 0 Å². The fourth-order valence-electron chi connectivity index (χ4n) is 5.90. The van der Waals surface area contributed by atoms with Crippen molar-refractivity contribution < 1.29 is 29.3 Å². The number of fused-ring (bicyclic) bond motifs is 2. The van der Waals surface area contributed by atoms with Crippen LogP contribution in [0.3, 0.4) is 0 Å². The predicted octanol–water partition coefficient (Wildman–Crippen LogP) is 5.48. The molecule has 3 heterocycles. The van der Waals surface area contributed by atoms with Crippen molar-refractivity contribution in [3.05, 3.63) is 54.7 Å². The topological polar surface area (TPSA) is 109 Å². The van der Waals surface area contributed by atoms with E-state index in [1.165, 1.54) is 0 Å². The molecule has 2 saturated heterocycles. The van der Waals surface area contributed by atoms with E-state index in [0.29, 0.717) is 19.3 Å². The summed E-state index contributed by atoms with van der Waals surface area (Å²) in [5, 5.41) is 23.3. The Hall–Kier alpha value is -2.61. The molecule has 1 aromatic carbocycles. The van der Waals surface area contributed by atoms with E-state index in [2.05, 4.69) is 18.5 Å². The summed E-state index contributed by atoms with van der Waals surface area (Å²) in [7, 11) is 0. The lowest BCUT2D eigenvalue weighted by atomic mass is 9.71. The molecule has 212 valence electrons. The molecule has 2 fully saturated rings. The molecule has 0 saturated carbocycles. The number of cyclic esters (lactones) is 1. The minimum Gasteiger partial charge on any atom is -0.457 e. The number of aliphatic hydroxyl groups excluding tert-OH is 2. The smallest absolute Gasteiger partial charge is 0.309 e. The standard InChI is InChI=1S/C32H43NO6/c1-6-7-12-23-29(36)20(2)10-8-15-32(5)27(39-32)18-25(22-14-13-21-11-9-16-33-24(21)17-22)38-28(35)19-26(34)31(3,4)30(23)37/h6,9,11,13-14,16-17,20,23,25-27,29,34,36H,1,7-8,10,12,15,18-19H2,2-5H3/t20-,23+,25-,26-,27?,29+,32?/m0/s1. The summed E-state index contributed by atoms with van der Waals surface area (Å²) in [6.45, 7) is 11.1. The molecule has 7 nitrogen and oxygen atoms in total. The van der Waals surface area contributed by atoms with Gasteiger partial charge in [0.1, 0.15) is 11.9 Å². The monoisotopic (exact) mass is 537 g/mol. The van der Waals surface area contributed by atoms with Crippen LogP contribution < -0.4 is 0 Å². The number of Topliss-reactive ketones (excluding diaryl/α,β-unsaturated/α-hetero) is 1. The van der Waals surface area contributed by atoms with Gasteiger partial charge in [-0.3, -0.25) is 14.6 Å². The zero-order valence-electron chi connectivity index (χ0n) is 23.6. The van der Waals surface area contributed by atoms with Crippen LogP contribution in [-0.2, 0) is 19.1 Å². The number of ketones is 1. The maximum atomic E-state index is 13.7. The number of carbonyl (C=O) groups is 2. The molecule has 0 radical (unpaired) electrons. The van der Waals surface area contributed by atoms with Crippen molar-refractivity contribution in [1.29, 1.82) is 0 Å². The molecule has 2 unspecified atom stereocenters. The third kappa shape index (κ3) is 6.59. The second kappa shape index (κ2) is 11.9. The highest BCUT2D eigenvalue weighted by Gasteiger charge is 2.53. The first-order valence-electron chi connectivity index (χ1n) is 14.2. The summed E-state index contributed by atoms with van der Waals surface area (Å²) in [6.07, 6.45) is 4.27. The number of rotatable bonds is 4. The van der Waals surface area contributed by atoms with Crippen molar-refractivity contribution >= 4 is 22.7 Å². The molecule has 0 amide bonds. The normalized spacial score (nSPS) is 34.2.